The maximum atomic E-state index is 5.36. The maximum Gasteiger partial charge on any atom is 0.164 e. The van der Waals surface area contributed by atoms with Crippen LogP contribution in [0.4, 0.5) is 0 Å². The molecule has 13 aromatic rings. The third-order valence-corrected chi connectivity index (χ3v) is 13.6. The molecule has 0 bridgehead atoms. The van der Waals surface area contributed by atoms with Crippen LogP contribution in [0.3, 0.4) is 0 Å². The second-order valence-corrected chi connectivity index (χ2v) is 17.2. The first-order valence-corrected chi connectivity index (χ1v) is 22.3. The van der Waals surface area contributed by atoms with Crippen LogP contribution in [0.2, 0.25) is 0 Å². The van der Waals surface area contributed by atoms with Crippen LogP contribution in [0.25, 0.3) is 126 Å². The normalized spacial score (nSPS) is 11.8. The largest absolute Gasteiger partial charge is 0.309 e. The van der Waals surface area contributed by atoms with Gasteiger partial charge in [0, 0.05) is 59.6 Å². The molecular weight excluding hydrogens is 799 g/mol. The average Bonchev–Trinajstić information content (AvgIpc) is 3.93. The molecule has 0 saturated heterocycles. The molecule has 0 N–H and O–H groups in total. The number of nitrogens with zero attached hydrogens (tertiary/aromatic N) is 5. The number of fused-ring (bicyclic) bond motifs is 9. The molecule has 0 fully saturated rings. The third kappa shape index (κ3) is 5.84. The minimum Gasteiger partial charge on any atom is -0.309 e. The van der Waals surface area contributed by atoms with E-state index in [9.17, 15) is 0 Å². The van der Waals surface area contributed by atoms with Crippen molar-refractivity contribution in [3.05, 3.63) is 212 Å². The van der Waals surface area contributed by atoms with Gasteiger partial charge < -0.3 is 4.57 Å². The highest BCUT2D eigenvalue weighted by Crippen LogP contribution is 2.45. The highest BCUT2D eigenvalue weighted by Gasteiger charge is 2.20. The second kappa shape index (κ2) is 14.7. The maximum absolute atomic E-state index is 5.36. The minimum atomic E-state index is 0.618. The van der Waals surface area contributed by atoms with Gasteiger partial charge in [0.2, 0.25) is 0 Å². The van der Waals surface area contributed by atoms with Crippen LogP contribution in [0, 0.1) is 0 Å². The number of thiophene rings is 1. The van der Waals surface area contributed by atoms with Gasteiger partial charge in [-0.2, -0.15) is 0 Å². The van der Waals surface area contributed by atoms with Crippen molar-refractivity contribution in [2.45, 2.75) is 0 Å². The molecule has 0 aliphatic heterocycles. The van der Waals surface area contributed by atoms with Crippen molar-refractivity contribution in [3.8, 4) is 62.2 Å². The van der Waals surface area contributed by atoms with E-state index in [0.29, 0.717) is 17.5 Å². The number of aromatic nitrogens is 5. The molecule has 9 aromatic carbocycles. The Balaban J connectivity index is 0.916. The molecule has 0 spiro atoms. The van der Waals surface area contributed by atoms with Gasteiger partial charge in [-0.05, 0) is 58.3 Å². The van der Waals surface area contributed by atoms with Crippen LogP contribution in [0.5, 0.6) is 0 Å². The fourth-order valence-electron chi connectivity index (χ4n) is 9.51. The van der Waals surface area contributed by atoms with Gasteiger partial charge in [-0.1, -0.05) is 176 Å². The zero-order valence-electron chi connectivity index (χ0n) is 34.4. The summed E-state index contributed by atoms with van der Waals surface area (Å²) in [7, 11) is 0. The van der Waals surface area contributed by atoms with E-state index in [2.05, 4.69) is 199 Å². The molecule has 13 rings (SSSR count). The predicted octanol–water partition coefficient (Wildman–Crippen LogP) is 15.4. The Morgan fingerprint density at radius 3 is 1.58 bits per heavy atom. The predicted molar refractivity (Wildman–Crippen MR) is 267 cm³/mol. The number of pyridine rings is 1. The molecule has 5 nitrogen and oxygen atoms in total. The van der Waals surface area contributed by atoms with Crippen molar-refractivity contribution in [1.29, 1.82) is 0 Å². The van der Waals surface area contributed by atoms with E-state index in [4.69, 9.17) is 19.9 Å². The molecule has 4 heterocycles. The molecule has 0 atom stereocenters. The highest BCUT2D eigenvalue weighted by molar-refractivity contribution is 7.26. The van der Waals surface area contributed by atoms with Gasteiger partial charge in [-0.15, -0.1) is 11.3 Å². The van der Waals surface area contributed by atoms with Crippen LogP contribution in [0.1, 0.15) is 0 Å². The summed E-state index contributed by atoms with van der Waals surface area (Å²) in [6.07, 6.45) is 0. The van der Waals surface area contributed by atoms with Gasteiger partial charge in [0.05, 0.1) is 26.9 Å². The highest BCUT2D eigenvalue weighted by atomic mass is 32.1. The van der Waals surface area contributed by atoms with E-state index in [1.165, 1.54) is 47.1 Å². The van der Waals surface area contributed by atoms with Crippen LogP contribution < -0.4 is 0 Å². The zero-order valence-corrected chi connectivity index (χ0v) is 35.2. The van der Waals surface area contributed by atoms with Gasteiger partial charge in [0.1, 0.15) is 0 Å². The lowest BCUT2D eigenvalue weighted by molar-refractivity contribution is 1.07. The van der Waals surface area contributed by atoms with Crippen LogP contribution in [-0.4, -0.2) is 24.5 Å². The lowest BCUT2D eigenvalue weighted by atomic mass is 9.92. The summed E-state index contributed by atoms with van der Waals surface area (Å²) in [5.41, 5.74) is 11.5. The van der Waals surface area contributed by atoms with E-state index in [1.54, 1.807) is 0 Å². The van der Waals surface area contributed by atoms with Gasteiger partial charge in [0.15, 0.2) is 17.5 Å². The molecule has 0 saturated carbocycles. The quantitative estimate of drug-likeness (QED) is 0.167. The second-order valence-electron chi connectivity index (χ2n) is 16.2. The van der Waals surface area contributed by atoms with E-state index in [-0.39, 0.29) is 0 Å². The number of benzene rings is 9. The number of para-hydroxylation sites is 3. The van der Waals surface area contributed by atoms with Crippen molar-refractivity contribution in [2.75, 3.05) is 0 Å². The summed E-state index contributed by atoms with van der Waals surface area (Å²) < 4.78 is 4.81. The fourth-order valence-corrected chi connectivity index (χ4v) is 10.7. The van der Waals surface area contributed by atoms with E-state index in [0.717, 1.165) is 61.3 Å². The van der Waals surface area contributed by atoms with Gasteiger partial charge in [0.25, 0.3) is 0 Å². The molecule has 0 aliphatic carbocycles. The Morgan fingerprint density at radius 1 is 0.344 bits per heavy atom. The minimum absolute atomic E-state index is 0.618. The summed E-state index contributed by atoms with van der Waals surface area (Å²) in [6.45, 7) is 0. The van der Waals surface area contributed by atoms with Crippen molar-refractivity contribution < 1.29 is 0 Å². The monoisotopic (exact) mass is 833 g/mol. The topological polar surface area (TPSA) is 56.5 Å². The molecular formula is C58H35N5S. The third-order valence-electron chi connectivity index (χ3n) is 12.5. The molecule has 298 valence electrons. The zero-order chi connectivity index (χ0) is 42.1. The lowest BCUT2D eigenvalue weighted by Crippen LogP contribution is -2.01. The number of rotatable bonds is 6. The standard InChI is InChI=1S/C58H35N5S/c1-2-15-37(16-3-1)56-60-57(62-58(61-56)39-17-14-18-40(35-39)63-50-26-11-7-21-44(50)45-22-8-12-27-51(45)63)38-31-29-36(30-32-38)41-33-34-46(43-20-5-4-19-42(41)43)54-55-53(47-23-6-10-25-49(47)59-54)48-24-9-13-28-52(48)64-55/h1-35H. The van der Waals surface area contributed by atoms with Gasteiger partial charge >= 0.3 is 0 Å². The van der Waals surface area contributed by atoms with Crippen molar-refractivity contribution >= 4 is 75.0 Å². The Kier molecular flexibility index (Phi) is 8.32. The summed E-state index contributed by atoms with van der Waals surface area (Å²) in [4.78, 5) is 20.7. The summed E-state index contributed by atoms with van der Waals surface area (Å²) >= 11 is 1.83. The summed E-state index contributed by atoms with van der Waals surface area (Å²) in [6, 6.07) is 74.9. The SMILES string of the molecule is c1ccc(-c2nc(-c3ccc(-c4ccc(-c5nc6ccccc6c6c5sc5ccccc56)c5ccccc45)cc3)nc(-c3cccc(-n4c5ccccc5c5ccccc54)c3)n2)cc1. The molecule has 0 radical (unpaired) electrons. The first-order chi connectivity index (χ1) is 31.7. The van der Waals surface area contributed by atoms with E-state index < -0.39 is 0 Å². The summed E-state index contributed by atoms with van der Waals surface area (Å²) in [5.74, 6) is 1.86. The Bertz CT molecular complexity index is 3910. The molecule has 0 aliphatic rings. The number of hydrogen-bond donors (Lipinski definition) is 0. The van der Waals surface area contributed by atoms with Crippen LogP contribution >= 0.6 is 11.3 Å². The average molecular weight is 834 g/mol. The van der Waals surface area contributed by atoms with Crippen molar-refractivity contribution in [1.82, 2.24) is 24.5 Å². The van der Waals surface area contributed by atoms with Crippen LogP contribution in [0.15, 0.2) is 212 Å². The van der Waals surface area contributed by atoms with Crippen molar-refractivity contribution in [2.24, 2.45) is 0 Å². The smallest absolute Gasteiger partial charge is 0.164 e. The molecule has 0 amide bonds. The van der Waals surface area contributed by atoms with Crippen LogP contribution in [-0.2, 0) is 0 Å². The molecule has 4 aromatic heterocycles. The first kappa shape index (κ1) is 36.3. The van der Waals surface area contributed by atoms with Gasteiger partial charge in [-0.25, -0.2) is 19.9 Å². The Hall–Kier alpha value is -8.32. The Labute approximate surface area is 372 Å². The van der Waals surface area contributed by atoms with E-state index in [1.807, 2.05) is 29.5 Å². The Morgan fingerprint density at radius 2 is 0.859 bits per heavy atom. The fraction of sp³-hybridized carbons (Fsp3) is 0. The van der Waals surface area contributed by atoms with Gasteiger partial charge in [-0.3, -0.25) is 0 Å². The summed E-state index contributed by atoms with van der Waals surface area (Å²) in [5, 5.41) is 8.53. The first-order valence-electron chi connectivity index (χ1n) is 21.5. The molecule has 0 unspecified atom stereocenters. The molecule has 6 heteroatoms. The lowest BCUT2D eigenvalue weighted by Gasteiger charge is -2.14. The van der Waals surface area contributed by atoms with Crippen molar-refractivity contribution in [3.63, 3.8) is 0 Å². The molecule has 64 heavy (non-hydrogen) atoms. The van der Waals surface area contributed by atoms with E-state index >= 15 is 0 Å². The number of hydrogen-bond acceptors (Lipinski definition) is 5.